The van der Waals surface area contributed by atoms with Crippen LogP contribution in [-0.4, -0.2) is 51.0 Å². The van der Waals surface area contributed by atoms with Crippen molar-refractivity contribution in [1.82, 2.24) is 4.98 Å². The molecule has 1 aliphatic rings. The molecule has 1 amide bonds. The lowest BCUT2D eigenvalue weighted by molar-refractivity contribution is -0.268. The highest BCUT2D eigenvalue weighted by Crippen LogP contribution is 2.43. The van der Waals surface area contributed by atoms with E-state index in [1.54, 1.807) is 36.5 Å². The zero-order valence-corrected chi connectivity index (χ0v) is 23.7. The molecule has 0 bridgehead atoms. The number of anilines is 1. The van der Waals surface area contributed by atoms with Crippen LogP contribution in [0.1, 0.15) is 60.2 Å². The van der Waals surface area contributed by atoms with E-state index in [2.05, 4.69) is 10.3 Å². The number of benzene rings is 2. The molecule has 5 atom stereocenters. The quantitative estimate of drug-likeness (QED) is 0.227. The molecule has 4 rings (SSSR count). The number of hydrogen-bond acceptors (Lipinski definition) is 9. The number of aromatic carboxylic acids is 1. The van der Waals surface area contributed by atoms with Crippen molar-refractivity contribution in [2.75, 3.05) is 11.1 Å². The van der Waals surface area contributed by atoms with Crippen LogP contribution in [0, 0.1) is 5.92 Å². The molecule has 1 saturated heterocycles. The van der Waals surface area contributed by atoms with Gasteiger partial charge in [-0.1, -0.05) is 43.3 Å². The third-order valence-electron chi connectivity index (χ3n) is 6.67. The predicted molar refractivity (Wildman–Crippen MR) is 151 cm³/mol. The van der Waals surface area contributed by atoms with Crippen molar-refractivity contribution in [1.29, 1.82) is 0 Å². The molecular formula is C30H32N2O8S. The number of nitrogens with one attached hydrogen (secondary N) is 1. The molecular weight excluding hydrogens is 548 g/mol. The second-order valence-corrected chi connectivity index (χ2v) is 10.7. The Morgan fingerprint density at radius 3 is 2.37 bits per heavy atom. The van der Waals surface area contributed by atoms with Gasteiger partial charge in [-0.25, -0.2) is 9.78 Å². The minimum Gasteiger partial charge on any atom is -0.478 e. The van der Waals surface area contributed by atoms with Crippen LogP contribution in [0.15, 0.2) is 71.9 Å². The highest BCUT2D eigenvalue weighted by atomic mass is 32.2. The van der Waals surface area contributed by atoms with E-state index < -0.39 is 30.2 Å². The molecule has 1 aromatic heterocycles. The van der Waals surface area contributed by atoms with Crippen LogP contribution in [0.25, 0.3) is 0 Å². The molecule has 1 aliphatic heterocycles. The Morgan fingerprint density at radius 2 is 1.73 bits per heavy atom. The summed E-state index contributed by atoms with van der Waals surface area (Å²) in [5, 5.41) is 22.1. The lowest BCUT2D eigenvalue weighted by Gasteiger charge is -2.41. The van der Waals surface area contributed by atoms with Crippen LogP contribution in [0.4, 0.5) is 5.69 Å². The molecule has 3 aromatic rings. The fourth-order valence-corrected chi connectivity index (χ4v) is 5.56. The molecule has 11 heteroatoms. The molecule has 2 aromatic carbocycles. The fourth-order valence-electron chi connectivity index (χ4n) is 4.41. The summed E-state index contributed by atoms with van der Waals surface area (Å²) in [4.78, 5) is 39.4. The number of carboxylic acids is 1. The average molecular weight is 581 g/mol. The van der Waals surface area contributed by atoms with Crippen molar-refractivity contribution in [3.05, 3.63) is 89.1 Å². The van der Waals surface area contributed by atoms with E-state index in [4.69, 9.17) is 14.2 Å². The average Bonchev–Trinajstić information content (AvgIpc) is 2.97. The van der Waals surface area contributed by atoms with Crippen LogP contribution in [-0.2, 0) is 30.4 Å². The van der Waals surface area contributed by atoms with Crippen LogP contribution in [0.2, 0.25) is 0 Å². The number of carbonyl (C=O) groups is 3. The third kappa shape index (κ3) is 7.70. The Hall–Kier alpha value is -3.77. The van der Waals surface area contributed by atoms with Gasteiger partial charge >= 0.3 is 11.9 Å². The molecule has 2 heterocycles. The number of pyridine rings is 1. The van der Waals surface area contributed by atoms with Gasteiger partial charge in [0, 0.05) is 36.0 Å². The summed E-state index contributed by atoms with van der Waals surface area (Å²) in [7, 11) is 0. The summed E-state index contributed by atoms with van der Waals surface area (Å²) in [6.07, 6.45) is -0.792. The van der Waals surface area contributed by atoms with Gasteiger partial charge in [0.2, 0.25) is 0 Å². The Kier molecular flexibility index (Phi) is 10.1. The Morgan fingerprint density at radius 1 is 1.05 bits per heavy atom. The van der Waals surface area contributed by atoms with Crippen molar-refractivity contribution < 1.29 is 38.8 Å². The second kappa shape index (κ2) is 13.7. The number of esters is 1. The number of carboxylic acid groups (broad SMARTS) is 1. The van der Waals surface area contributed by atoms with Gasteiger partial charge in [0.25, 0.3) is 5.91 Å². The van der Waals surface area contributed by atoms with Gasteiger partial charge in [0.1, 0.15) is 5.03 Å². The number of aliphatic hydroxyl groups is 1. The lowest BCUT2D eigenvalue weighted by atomic mass is 9.91. The fraction of sp³-hybridized carbons (Fsp3) is 0.333. The molecule has 0 radical (unpaired) electrons. The summed E-state index contributed by atoms with van der Waals surface area (Å²) in [5.74, 6) is -1.70. The molecule has 0 aliphatic carbocycles. The van der Waals surface area contributed by atoms with Gasteiger partial charge in [-0.3, -0.25) is 9.59 Å². The van der Waals surface area contributed by atoms with Crippen molar-refractivity contribution in [2.45, 2.75) is 57.0 Å². The number of amides is 1. The summed E-state index contributed by atoms with van der Waals surface area (Å²) in [6.45, 7) is 4.69. The first kappa shape index (κ1) is 30.2. The van der Waals surface area contributed by atoms with Gasteiger partial charge in [-0.2, -0.15) is 0 Å². The molecule has 10 nitrogen and oxygen atoms in total. The number of nitrogens with zero attached hydrogens (tertiary/aromatic N) is 1. The molecule has 0 saturated carbocycles. The molecule has 3 N–H and O–H groups in total. The lowest BCUT2D eigenvalue weighted by Crippen LogP contribution is -2.38. The van der Waals surface area contributed by atoms with E-state index >= 15 is 0 Å². The summed E-state index contributed by atoms with van der Waals surface area (Å²) in [5.41, 5.74) is 3.07. The molecule has 5 unspecified atom stereocenters. The van der Waals surface area contributed by atoms with Crippen molar-refractivity contribution in [3.8, 4) is 0 Å². The second-order valence-electron chi connectivity index (χ2n) is 9.66. The maximum Gasteiger partial charge on any atom is 0.338 e. The van der Waals surface area contributed by atoms with Gasteiger partial charge < -0.3 is 29.7 Å². The van der Waals surface area contributed by atoms with Crippen LogP contribution in [0.3, 0.4) is 0 Å². The smallest absolute Gasteiger partial charge is 0.338 e. The number of ether oxygens (including phenoxy) is 3. The van der Waals surface area contributed by atoms with E-state index in [9.17, 15) is 24.6 Å². The summed E-state index contributed by atoms with van der Waals surface area (Å²) < 4.78 is 17.8. The summed E-state index contributed by atoms with van der Waals surface area (Å²) in [6, 6.07) is 17.6. The Bertz CT molecular complexity index is 1370. The normalized spacial score (nSPS) is 21.1. The molecule has 216 valence electrons. The van der Waals surface area contributed by atoms with Gasteiger partial charge in [-0.15, -0.1) is 11.8 Å². The maximum absolute atomic E-state index is 12.3. The highest BCUT2D eigenvalue weighted by molar-refractivity contribution is 7.99. The highest BCUT2D eigenvalue weighted by Gasteiger charge is 2.38. The van der Waals surface area contributed by atoms with Crippen LogP contribution < -0.4 is 5.32 Å². The first-order valence-electron chi connectivity index (χ1n) is 13.1. The number of thioether (sulfide) groups is 1. The van der Waals surface area contributed by atoms with Gasteiger partial charge in [0.15, 0.2) is 12.4 Å². The van der Waals surface area contributed by atoms with E-state index in [1.807, 2.05) is 31.2 Å². The van der Waals surface area contributed by atoms with Crippen LogP contribution >= 0.6 is 11.8 Å². The summed E-state index contributed by atoms with van der Waals surface area (Å²) >= 11 is 1.31. The number of rotatable bonds is 10. The van der Waals surface area contributed by atoms with Gasteiger partial charge in [0.05, 0.1) is 24.4 Å². The first-order chi connectivity index (χ1) is 19.7. The zero-order valence-electron chi connectivity index (χ0n) is 22.9. The van der Waals surface area contributed by atoms with Crippen molar-refractivity contribution in [2.24, 2.45) is 5.92 Å². The monoisotopic (exact) mass is 580 g/mol. The number of carbonyl (C=O) groups excluding carboxylic acids is 2. The molecule has 1 fully saturated rings. The van der Waals surface area contributed by atoms with Gasteiger partial charge in [-0.05, 0) is 42.3 Å². The van der Waals surface area contributed by atoms with E-state index in [-0.39, 0.29) is 30.3 Å². The third-order valence-corrected chi connectivity index (χ3v) is 7.77. The van der Waals surface area contributed by atoms with Crippen LogP contribution in [0.5, 0.6) is 0 Å². The largest absolute Gasteiger partial charge is 0.478 e. The topological polar surface area (TPSA) is 144 Å². The Labute approximate surface area is 242 Å². The first-order valence-corrected chi connectivity index (χ1v) is 14.0. The number of hydrogen-bond donors (Lipinski definition) is 3. The molecule has 0 spiro atoms. The standard InChI is InChI=1S/C30H32N2O8S/c1-17-25(16-41-28-24(29(36)37)5-4-14-31-28)39-30(40-26(17)21-8-6-20(15-33)7-9-21)22-10-12-23(13-11-22)32-27(35)18(2)38-19(3)34/h4-14,17-18,25-26,30,33H,15-16H2,1-3H3,(H,32,35)(H,36,37). The minimum absolute atomic E-state index is 0.0646. The number of aromatic nitrogens is 1. The van der Waals surface area contributed by atoms with E-state index in [1.165, 1.54) is 31.7 Å². The zero-order chi connectivity index (χ0) is 29.5. The number of aliphatic hydroxyl groups excluding tert-OH is 1. The van der Waals surface area contributed by atoms with E-state index in [0.717, 1.165) is 16.7 Å². The van der Waals surface area contributed by atoms with Crippen molar-refractivity contribution >= 4 is 35.3 Å². The maximum atomic E-state index is 12.3. The predicted octanol–water partition coefficient (Wildman–Crippen LogP) is 4.75. The minimum atomic E-state index is -1.05. The van der Waals surface area contributed by atoms with Crippen molar-refractivity contribution in [3.63, 3.8) is 0 Å². The SMILES string of the molecule is CC(=O)OC(C)C(=O)Nc1ccc(C2OC(CSc3ncccc3C(=O)O)C(C)C(c3ccc(CO)cc3)O2)cc1. The Balaban J connectivity index is 1.54. The van der Waals surface area contributed by atoms with E-state index in [0.29, 0.717) is 16.5 Å². The molecule has 41 heavy (non-hydrogen) atoms.